The maximum absolute atomic E-state index is 7.44. The number of hydrogen-bond acceptors (Lipinski definition) is 3. The zero-order valence-corrected chi connectivity index (χ0v) is 6.86. The first-order chi connectivity index (χ1) is 5.33. The van der Waals surface area contributed by atoms with Gasteiger partial charge >= 0.3 is 0 Å². The van der Waals surface area contributed by atoms with Crippen molar-refractivity contribution in [2.75, 3.05) is 13.2 Å². The van der Waals surface area contributed by atoms with Crippen LogP contribution in [0.1, 0.15) is 6.92 Å². The molecule has 0 aliphatic carbocycles. The van der Waals surface area contributed by atoms with Crippen LogP contribution in [-0.2, 0) is 4.74 Å². The smallest absolute Gasteiger partial charge is 0.0649 e. The van der Waals surface area contributed by atoms with Crippen molar-refractivity contribution < 1.29 is 9.94 Å². The van der Waals surface area contributed by atoms with Gasteiger partial charge in [0.15, 0.2) is 0 Å². The SMILES string of the molecule is C=CCOCC=C.CC=NO. The lowest BCUT2D eigenvalue weighted by atomic mass is 10.6. The Hall–Kier alpha value is -1.09. The van der Waals surface area contributed by atoms with Crippen molar-refractivity contribution in [3.8, 4) is 0 Å². The van der Waals surface area contributed by atoms with E-state index in [0.29, 0.717) is 13.2 Å². The summed E-state index contributed by atoms with van der Waals surface area (Å²) in [6, 6.07) is 0. The molecule has 0 aromatic heterocycles. The summed E-state index contributed by atoms with van der Waals surface area (Å²) in [6.07, 6.45) is 4.73. The second-order valence-corrected chi connectivity index (χ2v) is 1.49. The van der Waals surface area contributed by atoms with Crippen LogP contribution in [0.25, 0.3) is 0 Å². The zero-order chi connectivity index (χ0) is 8.95. The molecule has 0 aliphatic heterocycles. The molecule has 0 atom stereocenters. The van der Waals surface area contributed by atoms with Crippen LogP contribution in [0.15, 0.2) is 30.5 Å². The van der Waals surface area contributed by atoms with Crippen molar-refractivity contribution in [1.82, 2.24) is 0 Å². The molecule has 0 heterocycles. The van der Waals surface area contributed by atoms with Gasteiger partial charge in [-0.05, 0) is 6.92 Å². The normalized spacial score (nSPS) is 8.45. The minimum atomic E-state index is 0.617. The molecule has 0 saturated carbocycles. The quantitative estimate of drug-likeness (QED) is 0.222. The van der Waals surface area contributed by atoms with Gasteiger partial charge in [0.05, 0.1) is 13.2 Å². The van der Waals surface area contributed by atoms with Gasteiger partial charge in [-0.3, -0.25) is 0 Å². The molecule has 0 rings (SSSR count). The lowest BCUT2D eigenvalue weighted by Crippen LogP contribution is -1.87. The van der Waals surface area contributed by atoms with Gasteiger partial charge in [0.25, 0.3) is 0 Å². The third kappa shape index (κ3) is 27.8. The molecule has 0 fully saturated rings. The van der Waals surface area contributed by atoms with Crippen LogP contribution in [0.4, 0.5) is 0 Å². The van der Waals surface area contributed by atoms with Crippen molar-refractivity contribution in [2.24, 2.45) is 5.16 Å². The molecule has 0 bridgehead atoms. The Bertz CT molecular complexity index is 98.7. The van der Waals surface area contributed by atoms with Crippen LogP contribution in [0, 0.1) is 0 Å². The van der Waals surface area contributed by atoms with Crippen LogP contribution >= 0.6 is 0 Å². The molecule has 0 spiro atoms. The molecule has 0 unspecified atom stereocenters. The second-order valence-electron chi connectivity index (χ2n) is 1.49. The Morgan fingerprint density at radius 3 is 1.91 bits per heavy atom. The summed E-state index contributed by atoms with van der Waals surface area (Å²) in [5, 5.41) is 10.1. The van der Waals surface area contributed by atoms with Gasteiger partial charge in [-0.15, -0.1) is 18.3 Å². The van der Waals surface area contributed by atoms with E-state index in [2.05, 4.69) is 18.3 Å². The van der Waals surface area contributed by atoms with Crippen LogP contribution in [-0.4, -0.2) is 24.6 Å². The minimum Gasteiger partial charge on any atom is -0.411 e. The molecule has 64 valence electrons. The van der Waals surface area contributed by atoms with E-state index >= 15 is 0 Å². The van der Waals surface area contributed by atoms with E-state index in [4.69, 9.17) is 9.94 Å². The third-order valence-electron chi connectivity index (χ3n) is 0.587. The first-order valence-electron chi connectivity index (χ1n) is 3.25. The first kappa shape index (κ1) is 12.6. The summed E-state index contributed by atoms with van der Waals surface area (Å²) in [7, 11) is 0. The fourth-order valence-corrected chi connectivity index (χ4v) is 0.235. The molecule has 0 aromatic rings. The van der Waals surface area contributed by atoms with Crippen molar-refractivity contribution in [1.29, 1.82) is 0 Å². The molecule has 0 amide bonds. The topological polar surface area (TPSA) is 41.8 Å². The monoisotopic (exact) mass is 157 g/mol. The van der Waals surface area contributed by atoms with Crippen molar-refractivity contribution >= 4 is 6.21 Å². The molecule has 3 heteroatoms. The predicted octanol–water partition coefficient (Wildman–Crippen LogP) is 1.84. The van der Waals surface area contributed by atoms with Crippen LogP contribution in [0.5, 0.6) is 0 Å². The molecule has 0 aromatic carbocycles. The van der Waals surface area contributed by atoms with Gasteiger partial charge in [0, 0.05) is 6.21 Å². The summed E-state index contributed by atoms with van der Waals surface area (Å²) in [5.41, 5.74) is 0. The largest absolute Gasteiger partial charge is 0.411 e. The number of nitrogens with zero attached hydrogens (tertiary/aromatic N) is 1. The highest BCUT2D eigenvalue weighted by Gasteiger charge is 1.70. The zero-order valence-electron chi connectivity index (χ0n) is 6.86. The standard InChI is InChI=1S/C6H10O.C2H5NO/c1-3-5-7-6-4-2;1-2-3-4/h3-4H,1-2,5-6H2;2,4H,1H3. The van der Waals surface area contributed by atoms with E-state index < -0.39 is 0 Å². The van der Waals surface area contributed by atoms with Gasteiger partial charge in [0.2, 0.25) is 0 Å². The van der Waals surface area contributed by atoms with Gasteiger partial charge in [-0.1, -0.05) is 12.2 Å². The van der Waals surface area contributed by atoms with Crippen molar-refractivity contribution in [2.45, 2.75) is 6.92 Å². The fourth-order valence-electron chi connectivity index (χ4n) is 0.235. The van der Waals surface area contributed by atoms with Gasteiger partial charge in [0.1, 0.15) is 0 Å². The van der Waals surface area contributed by atoms with Crippen molar-refractivity contribution in [3.63, 3.8) is 0 Å². The second kappa shape index (κ2) is 16.0. The molecule has 0 radical (unpaired) electrons. The Labute approximate surface area is 67.7 Å². The van der Waals surface area contributed by atoms with E-state index in [1.807, 2.05) is 0 Å². The Morgan fingerprint density at radius 1 is 1.36 bits per heavy atom. The van der Waals surface area contributed by atoms with Gasteiger partial charge in [-0.2, -0.15) is 0 Å². The van der Waals surface area contributed by atoms with E-state index in [9.17, 15) is 0 Å². The molecule has 11 heavy (non-hydrogen) atoms. The Kier molecular flexibility index (Phi) is 18.2. The number of rotatable bonds is 4. The molecule has 1 N–H and O–H groups in total. The molecular weight excluding hydrogens is 142 g/mol. The predicted molar refractivity (Wildman–Crippen MR) is 47.2 cm³/mol. The Balaban J connectivity index is 0. The van der Waals surface area contributed by atoms with E-state index in [0.717, 1.165) is 0 Å². The average molecular weight is 157 g/mol. The highest BCUT2D eigenvalue weighted by Crippen LogP contribution is 1.72. The summed E-state index contributed by atoms with van der Waals surface area (Å²) in [6.45, 7) is 9.82. The van der Waals surface area contributed by atoms with Crippen molar-refractivity contribution in [3.05, 3.63) is 25.3 Å². The lowest BCUT2D eigenvalue weighted by molar-refractivity contribution is 0.194. The maximum Gasteiger partial charge on any atom is 0.0649 e. The van der Waals surface area contributed by atoms with Gasteiger partial charge < -0.3 is 9.94 Å². The summed E-state index contributed by atoms with van der Waals surface area (Å²) < 4.78 is 4.90. The number of ether oxygens (including phenoxy) is 1. The minimum absolute atomic E-state index is 0.617. The third-order valence-corrected chi connectivity index (χ3v) is 0.587. The maximum atomic E-state index is 7.44. The Morgan fingerprint density at radius 2 is 1.73 bits per heavy atom. The fraction of sp³-hybridized carbons (Fsp3) is 0.375. The summed E-state index contributed by atoms with van der Waals surface area (Å²) >= 11 is 0. The van der Waals surface area contributed by atoms with E-state index in [-0.39, 0.29) is 0 Å². The van der Waals surface area contributed by atoms with Crippen LogP contribution < -0.4 is 0 Å². The number of hydrogen-bond donors (Lipinski definition) is 1. The summed E-state index contributed by atoms with van der Waals surface area (Å²) in [4.78, 5) is 0. The van der Waals surface area contributed by atoms with E-state index in [1.165, 1.54) is 6.21 Å². The van der Waals surface area contributed by atoms with Crippen LogP contribution in [0.3, 0.4) is 0 Å². The first-order valence-corrected chi connectivity index (χ1v) is 3.25. The average Bonchev–Trinajstić information content (AvgIpc) is 2.06. The molecule has 3 nitrogen and oxygen atoms in total. The van der Waals surface area contributed by atoms with E-state index in [1.54, 1.807) is 19.1 Å². The molecule has 0 aliphatic rings. The summed E-state index contributed by atoms with van der Waals surface area (Å²) in [5.74, 6) is 0. The van der Waals surface area contributed by atoms with Crippen LogP contribution in [0.2, 0.25) is 0 Å². The van der Waals surface area contributed by atoms with Gasteiger partial charge in [-0.25, -0.2) is 0 Å². The lowest BCUT2D eigenvalue weighted by Gasteiger charge is -1.89. The molecule has 0 saturated heterocycles. The highest BCUT2D eigenvalue weighted by molar-refractivity contribution is 5.51. The highest BCUT2D eigenvalue weighted by atomic mass is 16.5. The number of oxime groups is 1. The molecular formula is C8H15NO2.